The maximum atomic E-state index is 12.2. The molecule has 0 aliphatic heterocycles. The van der Waals surface area contributed by atoms with Gasteiger partial charge >= 0.3 is 5.97 Å². The van der Waals surface area contributed by atoms with Gasteiger partial charge in [0.2, 0.25) is 0 Å². The fraction of sp³-hybridized carbons (Fsp3) is 0.360. The van der Waals surface area contributed by atoms with Crippen molar-refractivity contribution in [2.24, 2.45) is 0 Å². The van der Waals surface area contributed by atoms with E-state index >= 15 is 0 Å². The van der Waals surface area contributed by atoms with Crippen LogP contribution in [0.5, 0.6) is 11.5 Å². The van der Waals surface area contributed by atoms with E-state index in [4.69, 9.17) is 14.2 Å². The second-order valence-electron chi connectivity index (χ2n) is 7.55. The molecule has 1 N–H and O–H groups in total. The molecule has 0 heterocycles. The van der Waals surface area contributed by atoms with E-state index < -0.39 is 5.97 Å². The van der Waals surface area contributed by atoms with E-state index in [0.29, 0.717) is 17.1 Å². The highest BCUT2D eigenvalue weighted by molar-refractivity contribution is 5.90. The molecule has 2 aromatic carbocycles. The zero-order chi connectivity index (χ0) is 22.2. The molecule has 0 unspecified atom stereocenters. The number of ether oxygens (including phenoxy) is 3. The molecule has 31 heavy (non-hydrogen) atoms. The van der Waals surface area contributed by atoms with Crippen LogP contribution in [0.3, 0.4) is 0 Å². The standard InChI is InChI=1S/C25H29NO5/c1-17(20-12-11-18-7-4-5-8-21(18)15-20)26-23(27)16-31-24(28)14-13-19-9-6-10-22(29-2)25(19)30-3/h6,9-15,17H,4-5,7-8,16H2,1-3H3,(H,26,27)/b14-13+/t17-/m0/s1. The molecule has 0 saturated carbocycles. The molecule has 2 aromatic rings. The summed E-state index contributed by atoms with van der Waals surface area (Å²) in [6.45, 7) is 1.59. The predicted octanol–water partition coefficient (Wildman–Crippen LogP) is 4.02. The lowest BCUT2D eigenvalue weighted by Gasteiger charge is -2.20. The maximum absolute atomic E-state index is 12.2. The van der Waals surface area contributed by atoms with E-state index in [1.165, 1.54) is 37.2 Å². The van der Waals surface area contributed by atoms with E-state index in [-0.39, 0.29) is 18.6 Å². The summed E-state index contributed by atoms with van der Waals surface area (Å²) in [5.41, 5.74) is 4.51. The molecule has 6 nitrogen and oxygen atoms in total. The number of para-hydroxylation sites is 1. The van der Waals surface area contributed by atoms with Gasteiger partial charge in [-0.3, -0.25) is 4.79 Å². The smallest absolute Gasteiger partial charge is 0.331 e. The Morgan fingerprint density at radius 2 is 1.84 bits per heavy atom. The van der Waals surface area contributed by atoms with Gasteiger partial charge in [0, 0.05) is 11.6 Å². The number of hydrogen-bond acceptors (Lipinski definition) is 5. The van der Waals surface area contributed by atoms with Gasteiger partial charge in [0.25, 0.3) is 5.91 Å². The van der Waals surface area contributed by atoms with E-state index in [9.17, 15) is 9.59 Å². The Hall–Kier alpha value is -3.28. The van der Waals surface area contributed by atoms with Crippen molar-refractivity contribution in [1.82, 2.24) is 5.32 Å². The number of esters is 1. The fourth-order valence-electron chi connectivity index (χ4n) is 3.78. The average Bonchev–Trinajstić information content (AvgIpc) is 2.80. The van der Waals surface area contributed by atoms with Crippen LogP contribution in [0.15, 0.2) is 42.5 Å². The first kappa shape index (κ1) is 22.4. The monoisotopic (exact) mass is 423 g/mol. The molecule has 0 spiro atoms. The summed E-state index contributed by atoms with van der Waals surface area (Å²) in [6.07, 6.45) is 7.49. The highest BCUT2D eigenvalue weighted by Gasteiger charge is 2.15. The normalized spacial score (nSPS) is 13.9. The number of carbonyl (C=O) groups excluding carboxylic acids is 2. The minimum absolute atomic E-state index is 0.157. The molecule has 164 valence electrons. The minimum atomic E-state index is -0.610. The average molecular weight is 424 g/mol. The number of hydrogen-bond donors (Lipinski definition) is 1. The molecule has 0 radical (unpaired) electrons. The lowest BCUT2D eigenvalue weighted by molar-refractivity contribution is -0.144. The molecule has 1 atom stereocenters. The highest BCUT2D eigenvalue weighted by Crippen LogP contribution is 2.31. The van der Waals surface area contributed by atoms with Crippen LogP contribution in [0.1, 0.15) is 48.1 Å². The number of methoxy groups -OCH3 is 2. The summed E-state index contributed by atoms with van der Waals surface area (Å²) in [4.78, 5) is 24.3. The van der Waals surface area contributed by atoms with Crippen LogP contribution in [-0.2, 0) is 27.2 Å². The number of aryl methyl sites for hydroxylation is 2. The summed E-state index contributed by atoms with van der Waals surface area (Å²) < 4.78 is 15.6. The number of nitrogens with one attached hydrogen (secondary N) is 1. The molecule has 1 amide bonds. The van der Waals surface area contributed by atoms with Gasteiger partial charge in [-0.15, -0.1) is 0 Å². The molecule has 1 aliphatic rings. The van der Waals surface area contributed by atoms with Crippen molar-refractivity contribution in [2.45, 2.75) is 38.6 Å². The Labute approximate surface area is 183 Å². The van der Waals surface area contributed by atoms with Gasteiger partial charge in [-0.05, 0) is 61.4 Å². The van der Waals surface area contributed by atoms with Crippen LogP contribution in [0.4, 0.5) is 0 Å². The Bertz CT molecular complexity index is 966. The van der Waals surface area contributed by atoms with Gasteiger partial charge < -0.3 is 19.5 Å². The van der Waals surface area contributed by atoms with Crippen LogP contribution >= 0.6 is 0 Å². The van der Waals surface area contributed by atoms with Gasteiger partial charge in [-0.2, -0.15) is 0 Å². The molecular formula is C25H29NO5. The van der Waals surface area contributed by atoms with Gasteiger partial charge in [-0.25, -0.2) is 4.79 Å². The van der Waals surface area contributed by atoms with Gasteiger partial charge in [-0.1, -0.05) is 30.3 Å². The summed E-state index contributed by atoms with van der Waals surface area (Å²) in [5.74, 6) is 0.131. The van der Waals surface area contributed by atoms with Crippen LogP contribution in [0.2, 0.25) is 0 Å². The van der Waals surface area contributed by atoms with Crippen LogP contribution in [-0.4, -0.2) is 32.7 Å². The minimum Gasteiger partial charge on any atom is -0.493 e. The van der Waals surface area contributed by atoms with E-state index in [0.717, 1.165) is 18.4 Å². The van der Waals surface area contributed by atoms with Crippen molar-refractivity contribution in [1.29, 1.82) is 0 Å². The first-order chi connectivity index (χ1) is 15.0. The lowest BCUT2D eigenvalue weighted by Crippen LogP contribution is -2.31. The number of fused-ring (bicyclic) bond motifs is 1. The SMILES string of the molecule is COc1cccc(/C=C/C(=O)OCC(=O)N[C@@H](C)c2ccc3c(c2)CCCC3)c1OC. The summed E-state index contributed by atoms with van der Waals surface area (Å²) in [5, 5.41) is 2.89. The van der Waals surface area contributed by atoms with Crippen molar-refractivity contribution in [3.63, 3.8) is 0 Å². The number of rotatable bonds is 8. The maximum Gasteiger partial charge on any atom is 0.331 e. The molecule has 3 rings (SSSR count). The quantitative estimate of drug-likeness (QED) is 0.513. The zero-order valence-corrected chi connectivity index (χ0v) is 18.3. The third-order valence-electron chi connectivity index (χ3n) is 5.43. The Morgan fingerprint density at radius 3 is 2.58 bits per heavy atom. The van der Waals surface area contributed by atoms with E-state index in [1.807, 2.05) is 6.92 Å². The van der Waals surface area contributed by atoms with Crippen molar-refractivity contribution in [2.75, 3.05) is 20.8 Å². The number of amides is 1. The second-order valence-corrected chi connectivity index (χ2v) is 7.55. The molecular weight excluding hydrogens is 394 g/mol. The summed E-state index contributed by atoms with van der Waals surface area (Å²) >= 11 is 0. The summed E-state index contributed by atoms with van der Waals surface area (Å²) in [7, 11) is 3.07. The zero-order valence-electron chi connectivity index (χ0n) is 18.3. The van der Waals surface area contributed by atoms with Crippen LogP contribution in [0, 0.1) is 0 Å². The predicted molar refractivity (Wildman–Crippen MR) is 119 cm³/mol. The third-order valence-corrected chi connectivity index (χ3v) is 5.43. The van der Waals surface area contributed by atoms with Gasteiger partial charge in [0.05, 0.1) is 20.3 Å². The lowest BCUT2D eigenvalue weighted by atomic mass is 9.89. The molecule has 1 aliphatic carbocycles. The Balaban J connectivity index is 1.51. The van der Waals surface area contributed by atoms with Crippen molar-refractivity contribution in [3.05, 3.63) is 64.7 Å². The second kappa shape index (κ2) is 10.7. The van der Waals surface area contributed by atoms with E-state index in [1.54, 1.807) is 31.4 Å². The van der Waals surface area contributed by atoms with Gasteiger partial charge in [0.1, 0.15) is 0 Å². The van der Waals surface area contributed by atoms with Crippen LogP contribution in [0.25, 0.3) is 6.08 Å². The fourth-order valence-corrected chi connectivity index (χ4v) is 3.78. The number of benzene rings is 2. The molecule has 0 fully saturated rings. The van der Waals surface area contributed by atoms with E-state index in [2.05, 4.69) is 23.5 Å². The first-order valence-electron chi connectivity index (χ1n) is 10.5. The number of carbonyl (C=O) groups is 2. The summed E-state index contributed by atoms with van der Waals surface area (Å²) in [6, 6.07) is 11.6. The third kappa shape index (κ3) is 5.87. The van der Waals surface area contributed by atoms with Gasteiger partial charge in [0.15, 0.2) is 18.1 Å². The molecule has 0 aromatic heterocycles. The topological polar surface area (TPSA) is 73.9 Å². The molecule has 6 heteroatoms. The Morgan fingerprint density at radius 1 is 1.06 bits per heavy atom. The van der Waals surface area contributed by atoms with Crippen LogP contribution < -0.4 is 14.8 Å². The Kier molecular flexibility index (Phi) is 7.70. The van der Waals surface area contributed by atoms with Crippen molar-refractivity contribution >= 4 is 18.0 Å². The largest absolute Gasteiger partial charge is 0.493 e. The molecule has 0 bridgehead atoms. The van der Waals surface area contributed by atoms with Crippen molar-refractivity contribution in [3.8, 4) is 11.5 Å². The first-order valence-corrected chi connectivity index (χ1v) is 10.5. The molecule has 0 saturated heterocycles. The highest BCUT2D eigenvalue weighted by atomic mass is 16.5. The van der Waals surface area contributed by atoms with Crippen molar-refractivity contribution < 1.29 is 23.8 Å².